The van der Waals surface area contributed by atoms with Crippen LogP contribution in [0.5, 0.6) is 5.75 Å². The maximum absolute atomic E-state index is 13.4. The number of carbonyl (C=O) groups is 1. The molecule has 7 heteroatoms. The van der Waals surface area contributed by atoms with Crippen LogP contribution in [-0.4, -0.2) is 28.7 Å². The van der Waals surface area contributed by atoms with Crippen LogP contribution in [0.2, 0.25) is 0 Å². The molecular formula is C20H17FN2O4. The van der Waals surface area contributed by atoms with Crippen molar-refractivity contribution in [1.82, 2.24) is 9.55 Å². The third-order valence-electron chi connectivity index (χ3n) is 4.46. The van der Waals surface area contributed by atoms with Gasteiger partial charge in [-0.05, 0) is 36.8 Å². The molecule has 3 aromatic rings. The Morgan fingerprint density at radius 2 is 2.04 bits per heavy atom. The summed E-state index contributed by atoms with van der Waals surface area (Å²) in [6.45, 7) is 0.696. The lowest BCUT2D eigenvalue weighted by Gasteiger charge is -2.09. The van der Waals surface area contributed by atoms with E-state index >= 15 is 0 Å². The van der Waals surface area contributed by atoms with Crippen molar-refractivity contribution in [3.05, 3.63) is 70.0 Å². The van der Waals surface area contributed by atoms with Crippen LogP contribution in [0.3, 0.4) is 0 Å². The molecule has 4 rings (SSSR count). The van der Waals surface area contributed by atoms with Crippen molar-refractivity contribution in [2.45, 2.75) is 19.4 Å². The van der Waals surface area contributed by atoms with Gasteiger partial charge in [-0.15, -0.1) is 0 Å². The molecule has 0 amide bonds. The molecule has 0 saturated heterocycles. The first-order chi connectivity index (χ1) is 13.1. The van der Waals surface area contributed by atoms with Gasteiger partial charge in [0.1, 0.15) is 19.0 Å². The van der Waals surface area contributed by atoms with Crippen LogP contribution in [0, 0.1) is 5.82 Å². The van der Waals surface area contributed by atoms with Gasteiger partial charge in [-0.25, -0.2) is 14.2 Å². The number of halogens is 1. The number of esters is 1. The number of ether oxygens (including phenoxy) is 2. The van der Waals surface area contributed by atoms with Gasteiger partial charge >= 0.3 is 5.97 Å². The number of aryl methyl sites for hydroxylation is 1. The summed E-state index contributed by atoms with van der Waals surface area (Å²) in [5.41, 5.74) is 0.721. The quantitative estimate of drug-likeness (QED) is 0.512. The molecule has 0 unspecified atom stereocenters. The van der Waals surface area contributed by atoms with Gasteiger partial charge in [0.05, 0.1) is 16.5 Å². The molecule has 1 aliphatic heterocycles. The summed E-state index contributed by atoms with van der Waals surface area (Å²) >= 11 is 0. The minimum Gasteiger partial charge on any atom is -0.487 e. The highest BCUT2D eigenvalue weighted by Crippen LogP contribution is 2.17. The van der Waals surface area contributed by atoms with Gasteiger partial charge in [0, 0.05) is 13.0 Å². The van der Waals surface area contributed by atoms with Crippen LogP contribution in [0.15, 0.2) is 47.3 Å². The van der Waals surface area contributed by atoms with Crippen molar-refractivity contribution in [3.63, 3.8) is 0 Å². The van der Waals surface area contributed by atoms with E-state index < -0.39 is 11.8 Å². The molecule has 0 spiro atoms. The zero-order valence-corrected chi connectivity index (χ0v) is 14.5. The van der Waals surface area contributed by atoms with E-state index in [-0.39, 0.29) is 24.5 Å². The number of aromatic nitrogens is 2. The van der Waals surface area contributed by atoms with Crippen LogP contribution in [-0.2, 0) is 17.7 Å². The summed E-state index contributed by atoms with van der Waals surface area (Å²) < 4.78 is 25.5. The van der Waals surface area contributed by atoms with E-state index in [0.717, 1.165) is 18.7 Å². The standard InChI is InChI=1S/C20H17FN2O4/c21-15-4-1-2-5-17(15)26-10-11-27-20(25)13-7-8-14-16(12-13)22-18-6-3-9-23(18)19(14)24/h1-2,4-5,7-8,12H,3,6,9-11H2. The second-order valence-electron chi connectivity index (χ2n) is 6.24. The summed E-state index contributed by atoms with van der Waals surface area (Å²) in [6.07, 6.45) is 1.66. The maximum atomic E-state index is 13.4. The van der Waals surface area contributed by atoms with Crippen molar-refractivity contribution >= 4 is 16.9 Å². The monoisotopic (exact) mass is 368 g/mol. The van der Waals surface area contributed by atoms with Gasteiger partial charge in [0.2, 0.25) is 0 Å². The molecule has 0 atom stereocenters. The summed E-state index contributed by atoms with van der Waals surface area (Å²) in [6, 6.07) is 10.7. The molecule has 138 valence electrons. The lowest BCUT2D eigenvalue weighted by atomic mass is 10.1. The molecule has 2 aromatic carbocycles. The summed E-state index contributed by atoms with van der Waals surface area (Å²) in [5, 5.41) is 0.486. The molecular weight excluding hydrogens is 351 g/mol. The predicted molar refractivity (Wildman–Crippen MR) is 96.5 cm³/mol. The zero-order valence-electron chi connectivity index (χ0n) is 14.5. The van der Waals surface area contributed by atoms with Gasteiger partial charge in [0.15, 0.2) is 11.6 Å². The first-order valence-electron chi connectivity index (χ1n) is 8.71. The average Bonchev–Trinajstić information content (AvgIpc) is 3.15. The van der Waals surface area contributed by atoms with Crippen LogP contribution in [0.25, 0.3) is 10.9 Å². The Hall–Kier alpha value is -3.22. The number of rotatable bonds is 5. The summed E-state index contributed by atoms with van der Waals surface area (Å²) in [4.78, 5) is 29.2. The van der Waals surface area contributed by atoms with Crippen molar-refractivity contribution < 1.29 is 18.7 Å². The van der Waals surface area contributed by atoms with Crippen molar-refractivity contribution in [2.24, 2.45) is 0 Å². The molecule has 0 radical (unpaired) electrons. The number of hydrogen-bond donors (Lipinski definition) is 0. The van der Waals surface area contributed by atoms with E-state index in [4.69, 9.17) is 9.47 Å². The summed E-state index contributed by atoms with van der Waals surface area (Å²) in [7, 11) is 0. The molecule has 0 aliphatic carbocycles. The predicted octanol–water partition coefficient (Wildman–Crippen LogP) is 2.72. The number of hydrogen-bond acceptors (Lipinski definition) is 5. The second-order valence-corrected chi connectivity index (χ2v) is 6.24. The van der Waals surface area contributed by atoms with Crippen LogP contribution in [0.1, 0.15) is 22.6 Å². The highest BCUT2D eigenvalue weighted by Gasteiger charge is 2.17. The SMILES string of the molecule is O=C(OCCOc1ccccc1F)c1ccc2c(=O)n3c(nc2c1)CCC3. The molecule has 1 aromatic heterocycles. The fraction of sp³-hybridized carbons (Fsp3) is 0.250. The zero-order chi connectivity index (χ0) is 18.8. The third kappa shape index (κ3) is 3.40. The minimum absolute atomic E-state index is 0.0223. The number of fused-ring (bicyclic) bond motifs is 2. The molecule has 0 N–H and O–H groups in total. The number of nitrogens with zero attached hydrogens (tertiary/aromatic N) is 2. The maximum Gasteiger partial charge on any atom is 0.338 e. The van der Waals surface area contributed by atoms with E-state index in [1.165, 1.54) is 12.1 Å². The van der Waals surface area contributed by atoms with E-state index in [2.05, 4.69) is 4.98 Å². The normalized spacial score (nSPS) is 12.8. The highest BCUT2D eigenvalue weighted by atomic mass is 19.1. The second kappa shape index (κ2) is 7.19. The van der Waals surface area contributed by atoms with Crippen molar-refractivity contribution in [3.8, 4) is 5.75 Å². The third-order valence-corrected chi connectivity index (χ3v) is 4.46. The van der Waals surface area contributed by atoms with Crippen LogP contribution < -0.4 is 10.3 Å². The largest absolute Gasteiger partial charge is 0.487 e. The fourth-order valence-electron chi connectivity index (χ4n) is 3.14. The molecule has 0 fully saturated rings. The van der Waals surface area contributed by atoms with Gasteiger partial charge in [0.25, 0.3) is 5.56 Å². The van der Waals surface area contributed by atoms with Gasteiger partial charge in [-0.3, -0.25) is 9.36 Å². The number of benzene rings is 2. The smallest absolute Gasteiger partial charge is 0.338 e. The Bertz CT molecular complexity index is 1080. The van der Waals surface area contributed by atoms with E-state index in [1.54, 1.807) is 34.9 Å². The van der Waals surface area contributed by atoms with Gasteiger partial charge in [-0.1, -0.05) is 12.1 Å². The Morgan fingerprint density at radius 3 is 2.89 bits per heavy atom. The molecule has 0 bridgehead atoms. The molecule has 1 aliphatic rings. The first-order valence-corrected chi connectivity index (χ1v) is 8.71. The van der Waals surface area contributed by atoms with Crippen LogP contribution in [0.4, 0.5) is 4.39 Å². The van der Waals surface area contributed by atoms with Crippen molar-refractivity contribution in [1.29, 1.82) is 0 Å². The van der Waals surface area contributed by atoms with Crippen LogP contribution >= 0.6 is 0 Å². The molecule has 2 heterocycles. The van der Waals surface area contributed by atoms with Gasteiger partial charge in [-0.2, -0.15) is 0 Å². The Labute approximate surface area is 154 Å². The lowest BCUT2D eigenvalue weighted by molar-refractivity contribution is 0.0448. The Kier molecular flexibility index (Phi) is 4.58. The minimum atomic E-state index is -0.545. The van der Waals surface area contributed by atoms with Gasteiger partial charge < -0.3 is 9.47 Å². The topological polar surface area (TPSA) is 70.4 Å². The molecule has 0 saturated carbocycles. The van der Waals surface area contributed by atoms with E-state index in [9.17, 15) is 14.0 Å². The Balaban J connectivity index is 1.43. The highest BCUT2D eigenvalue weighted by molar-refractivity contribution is 5.94. The lowest BCUT2D eigenvalue weighted by Crippen LogP contribution is -2.21. The van der Waals surface area contributed by atoms with E-state index in [0.29, 0.717) is 23.0 Å². The van der Waals surface area contributed by atoms with E-state index in [1.807, 2.05) is 0 Å². The molecule has 27 heavy (non-hydrogen) atoms. The number of carbonyl (C=O) groups excluding carboxylic acids is 1. The van der Waals surface area contributed by atoms with Crippen molar-refractivity contribution in [2.75, 3.05) is 13.2 Å². The summed E-state index contributed by atoms with van der Waals surface area (Å²) in [5.74, 6) is -0.159. The molecule has 6 nitrogen and oxygen atoms in total. The average molecular weight is 368 g/mol. The fourth-order valence-corrected chi connectivity index (χ4v) is 3.14. The first kappa shape index (κ1) is 17.2. The number of para-hydroxylation sites is 1. The Morgan fingerprint density at radius 1 is 1.19 bits per heavy atom.